The molecule has 3 rings (SSSR count). The second kappa shape index (κ2) is 10.7. The van der Waals surface area contributed by atoms with E-state index in [2.05, 4.69) is 26.0 Å². The van der Waals surface area contributed by atoms with Crippen molar-refractivity contribution in [2.45, 2.75) is 52.4 Å². The fourth-order valence-electron chi connectivity index (χ4n) is 3.38. The van der Waals surface area contributed by atoms with Gasteiger partial charge in [-0.3, -0.25) is 4.79 Å². The van der Waals surface area contributed by atoms with Crippen molar-refractivity contribution in [2.75, 3.05) is 20.2 Å². The highest BCUT2D eigenvalue weighted by Gasteiger charge is 2.22. The molecule has 2 aromatic rings. The number of methoxy groups -OCH3 is 1. The van der Waals surface area contributed by atoms with E-state index in [0.29, 0.717) is 25.3 Å². The van der Waals surface area contributed by atoms with Crippen LogP contribution in [0, 0.1) is 0 Å². The number of carbonyl (C=O) groups excluding carboxylic acids is 1. The molecule has 1 aliphatic heterocycles. The van der Waals surface area contributed by atoms with Crippen molar-refractivity contribution in [3.05, 3.63) is 47.0 Å². The van der Waals surface area contributed by atoms with E-state index in [0.717, 1.165) is 49.1 Å². The van der Waals surface area contributed by atoms with Crippen LogP contribution in [0.15, 0.2) is 29.3 Å². The van der Waals surface area contributed by atoms with Crippen LogP contribution in [-0.2, 0) is 30.9 Å². The molecule has 0 bridgehead atoms. The van der Waals surface area contributed by atoms with Crippen molar-refractivity contribution in [3.8, 4) is 0 Å². The van der Waals surface area contributed by atoms with Gasteiger partial charge in [-0.05, 0) is 38.0 Å². The average Bonchev–Trinajstić information content (AvgIpc) is 3.15. The number of carbonyl (C=O) groups is 1. The summed E-state index contributed by atoms with van der Waals surface area (Å²) in [6.45, 7) is 7.06. The monoisotopic (exact) mass is 413 g/mol. The highest BCUT2D eigenvalue weighted by atomic mass is 16.5. The smallest absolute Gasteiger partial charge is 0.251 e. The van der Waals surface area contributed by atoms with Crippen molar-refractivity contribution in [1.82, 2.24) is 30.7 Å². The van der Waals surface area contributed by atoms with Crippen LogP contribution in [-0.4, -0.2) is 52.9 Å². The fraction of sp³-hybridized carbons (Fsp3) is 0.524. The number of rotatable bonds is 8. The fourth-order valence-corrected chi connectivity index (χ4v) is 3.38. The van der Waals surface area contributed by atoms with Crippen LogP contribution in [0.25, 0.3) is 0 Å². The molecule has 1 atom stereocenters. The third-order valence-electron chi connectivity index (χ3n) is 4.83. The normalized spacial score (nSPS) is 16.1. The summed E-state index contributed by atoms with van der Waals surface area (Å²) in [6.07, 6.45) is 1.84. The van der Waals surface area contributed by atoms with E-state index in [-0.39, 0.29) is 11.9 Å². The average molecular weight is 414 g/mol. The number of guanidine groups is 1. The molecule has 1 aromatic carbocycles. The third-order valence-corrected chi connectivity index (χ3v) is 4.83. The molecule has 1 unspecified atom stereocenters. The second-order valence-electron chi connectivity index (χ2n) is 7.19. The Kier molecular flexibility index (Phi) is 7.78. The van der Waals surface area contributed by atoms with Crippen LogP contribution in [0.4, 0.5) is 0 Å². The molecule has 1 aromatic heterocycles. The predicted molar refractivity (Wildman–Crippen MR) is 115 cm³/mol. The quantitative estimate of drug-likeness (QED) is 0.444. The van der Waals surface area contributed by atoms with Crippen molar-refractivity contribution in [3.63, 3.8) is 0 Å². The molecule has 30 heavy (non-hydrogen) atoms. The van der Waals surface area contributed by atoms with E-state index in [1.807, 2.05) is 42.8 Å². The van der Waals surface area contributed by atoms with Crippen molar-refractivity contribution in [2.24, 2.45) is 4.99 Å². The number of aryl methyl sites for hydroxylation is 1. The Bertz CT molecular complexity index is 861. The number of hydrogen-bond donors (Lipinski definition) is 3. The molecule has 162 valence electrons. The Morgan fingerprint density at radius 2 is 2.00 bits per heavy atom. The summed E-state index contributed by atoms with van der Waals surface area (Å²) in [5.41, 5.74) is 1.71. The summed E-state index contributed by atoms with van der Waals surface area (Å²) >= 11 is 0. The molecule has 0 saturated carbocycles. The van der Waals surface area contributed by atoms with Crippen LogP contribution in [0.5, 0.6) is 0 Å². The van der Waals surface area contributed by atoms with Gasteiger partial charge >= 0.3 is 0 Å². The number of aliphatic imine (C=N–C) groups is 1. The highest BCUT2D eigenvalue weighted by molar-refractivity contribution is 5.94. The molecular formula is C21H31N7O2. The van der Waals surface area contributed by atoms with Gasteiger partial charge in [-0.15, -0.1) is 0 Å². The minimum absolute atomic E-state index is 0.0546. The Balaban J connectivity index is 1.60. The van der Waals surface area contributed by atoms with Crippen LogP contribution in [0.2, 0.25) is 0 Å². The third kappa shape index (κ3) is 5.79. The SMILES string of the molecule is CCNC(=O)c1ccc(CN=C(NCC)NC2CCc3nc(COC)nn3C2)cc1. The van der Waals surface area contributed by atoms with Crippen LogP contribution >= 0.6 is 0 Å². The molecule has 1 aliphatic rings. The van der Waals surface area contributed by atoms with Crippen molar-refractivity contribution in [1.29, 1.82) is 0 Å². The lowest BCUT2D eigenvalue weighted by molar-refractivity contribution is 0.0956. The molecule has 0 aliphatic carbocycles. The maximum atomic E-state index is 11.9. The van der Waals surface area contributed by atoms with Gasteiger partial charge in [-0.1, -0.05) is 12.1 Å². The molecule has 0 spiro atoms. The summed E-state index contributed by atoms with van der Waals surface area (Å²) < 4.78 is 7.09. The van der Waals surface area contributed by atoms with Gasteiger partial charge in [0.25, 0.3) is 5.91 Å². The van der Waals surface area contributed by atoms with E-state index >= 15 is 0 Å². The van der Waals surface area contributed by atoms with Crippen molar-refractivity contribution < 1.29 is 9.53 Å². The minimum Gasteiger partial charge on any atom is -0.377 e. The number of aromatic nitrogens is 3. The van der Waals surface area contributed by atoms with Gasteiger partial charge in [0.05, 0.1) is 13.1 Å². The first-order valence-electron chi connectivity index (χ1n) is 10.5. The molecule has 9 nitrogen and oxygen atoms in total. The van der Waals surface area contributed by atoms with E-state index in [1.165, 1.54) is 0 Å². The van der Waals surface area contributed by atoms with E-state index in [4.69, 9.17) is 9.73 Å². The maximum Gasteiger partial charge on any atom is 0.251 e. The Hall–Kier alpha value is -2.94. The zero-order valence-corrected chi connectivity index (χ0v) is 17.9. The maximum absolute atomic E-state index is 11.9. The Morgan fingerprint density at radius 1 is 1.23 bits per heavy atom. The second-order valence-corrected chi connectivity index (χ2v) is 7.19. The summed E-state index contributed by atoms with van der Waals surface area (Å²) in [5.74, 6) is 2.45. The van der Waals surface area contributed by atoms with Crippen LogP contribution in [0.1, 0.15) is 47.8 Å². The summed E-state index contributed by atoms with van der Waals surface area (Å²) in [4.78, 5) is 21.1. The predicted octanol–water partition coefficient (Wildman–Crippen LogP) is 1.24. The number of benzene rings is 1. The largest absolute Gasteiger partial charge is 0.377 e. The standard InChI is InChI=1S/C21H31N7O2/c1-4-22-20(29)16-8-6-15(7-9-16)12-24-21(23-5-2)25-17-10-11-19-26-18(14-30-3)27-28(19)13-17/h6-9,17H,4-5,10-14H2,1-3H3,(H,22,29)(H2,23,24,25). The lowest BCUT2D eigenvalue weighted by Crippen LogP contribution is -2.47. The number of ether oxygens (including phenoxy) is 1. The van der Waals surface area contributed by atoms with Gasteiger partial charge in [0.2, 0.25) is 0 Å². The van der Waals surface area contributed by atoms with E-state index in [9.17, 15) is 4.79 Å². The van der Waals surface area contributed by atoms with Gasteiger partial charge < -0.3 is 20.7 Å². The van der Waals surface area contributed by atoms with Gasteiger partial charge in [0.1, 0.15) is 12.4 Å². The Labute approximate surface area is 177 Å². The van der Waals surface area contributed by atoms with Crippen LogP contribution < -0.4 is 16.0 Å². The highest BCUT2D eigenvalue weighted by Crippen LogP contribution is 2.13. The molecular weight excluding hydrogens is 382 g/mol. The summed E-state index contributed by atoms with van der Waals surface area (Å²) in [6, 6.07) is 7.78. The number of nitrogens with zero attached hydrogens (tertiary/aromatic N) is 4. The topological polar surface area (TPSA) is 105 Å². The van der Waals surface area contributed by atoms with Gasteiger partial charge in [0.15, 0.2) is 11.8 Å². The van der Waals surface area contributed by atoms with Gasteiger partial charge in [-0.25, -0.2) is 14.7 Å². The van der Waals surface area contributed by atoms with Crippen molar-refractivity contribution >= 4 is 11.9 Å². The van der Waals surface area contributed by atoms with Gasteiger partial charge in [-0.2, -0.15) is 5.10 Å². The van der Waals surface area contributed by atoms with Gasteiger partial charge in [0, 0.05) is 38.2 Å². The first kappa shape index (κ1) is 21.8. The molecule has 0 saturated heterocycles. The summed E-state index contributed by atoms with van der Waals surface area (Å²) in [7, 11) is 1.65. The summed E-state index contributed by atoms with van der Waals surface area (Å²) in [5, 5.41) is 14.1. The molecule has 1 amide bonds. The Morgan fingerprint density at radius 3 is 2.70 bits per heavy atom. The number of amides is 1. The molecule has 2 heterocycles. The zero-order valence-electron chi connectivity index (χ0n) is 17.9. The molecule has 3 N–H and O–H groups in total. The number of nitrogens with one attached hydrogen (secondary N) is 3. The van der Waals surface area contributed by atoms with E-state index < -0.39 is 0 Å². The molecule has 0 radical (unpaired) electrons. The lowest BCUT2D eigenvalue weighted by atomic mass is 10.1. The van der Waals surface area contributed by atoms with Crippen LogP contribution in [0.3, 0.4) is 0 Å². The number of fused-ring (bicyclic) bond motifs is 1. The minimum atomic E-state index is -0.0546. The zero-order chi connectivity index (χ0) is 21.3. The molecule has 9 heteroatoms. The number of hydrogen-bond acceptors (Lipinski definition) is 5. The van der Waals surface area contributed by atoms with E-state index in [1.54, 1.807) is 7.11 Å². The molecule has 0 fully saturated rings. The lowest BCUT2D eigenvalue weighted by Gasteiger charge is -2.25. The first-order valence-corrected chi connectivity index (χ1v) is 10.5. The first-order chi connectivity index (χ1) is 14.6.